The summed E-state index contributed by atoms with van der Waals surface area (Å²) in [7, 11) is -3.82. The van der Waals surface area contributed by atoms with Gasteiger partial charge in [-0.1, -0.05) is 31.5 Å². The maximum absolute atomic E-state index is 12.6. The molecule has 10 nitrogen and oxygen atoms in total. The molecule has 0 aliphatic heterocycles. The van der Waals surface area contributed by atoms with Gasteiger partial charge in [0.15, 0.2) is 6.61 Å². The molecule has 0 aromatic heterocycles. The lowest BCUT2D eigenvalue weighted by atomic mass is 10.2. The highest BCUT2D eigenvalue weighted by atomic mass is 35.5. The van der Waals surface area contributed by atoms with Crippen LogP contribution in [0.5, 0.6) is 0 Å². The number of nitrogens with one attached hydrogen (secondary N) is 1. The first kappa shape index (κ1) is 24.3. The predicted molar refractivity (Wildman–Crippen MR) is 114 cm³/mol. The van der Waals surface area contributed by atoms with E-state index in [2.05, 4.69) is 5.32 Å². The molecule has 2 aromatic carbocycles. The molecule has 12 heteroatoms. The molecule has 0 saturated heterocycles. The Morgan fingerprint density at radius 3 is 2.45 bits per heavy atom. The summed E-state index contributed by atoms with van der Waals surface area (Å²) in [5.41, 5.74) is -0.272. The number of nitrogens with zero attached hydrogens (tertiary/aromatic N) is 2. The van der Waals surface area contributed by atoms with Crippen LogP contribution in [0.25, 0.3) is 0 Å². The molecule has 1 N–H and O–H groups in total. The predicted octanol–water partition coefficient (Wildman–Crippen LogP) is 3.07. The molecule has 0 radical (unpaired) electrons. The van der Waals surface area contributed by atoms with Crippen molar-refractivity contribution in [1.82, 2.24) is 4.31 Å². The number of hydrogen-bond acceptors (Lipinski definition) is 7. The average molecular weight is 470 g/mol. The fraction of sp³-hybridized carbons (Fsp3) is 0.263. The first-order valence-electron chi connectivity index (χ1n) is 9.11. The molecule has 0 atom stereocenters. The van der Waals surface area contributed by atoms with Crippen molar-refractivity contribution in [3.8, 4) is 0 Å². The third-order valence-corrected chi connectivity index (χ3v) is 6.55. The van der Waals surface area contributed by atoms with E-state index < -0.39 is 33.4 Å². The first-order valence-corrected chi connectivity index (χ1v) is 10.9. The molecular weight excluding hydrogens is 450 g/mol. The summed E-state index contributed by atoms with van der Waals surface area (Å²) in [4.78, 5) is 34.4. The van der Waals surface area contributed by atoms with E-state index in [4.69, 9.17) is 16.3 Å². The van der Waals surface area contributed by atoms with Gasteiger partial charge in [0.2, 0.25) is 10.0 Å². The number of nitro groups is 1. The van der Waals surface area contributed by atoms with E-state index in [0.29, 0.717) is 0 Å². The lowest BCUT2D eigenvalue weighted by Crippen LogP contribution is -2.30. The van der Waals surface area contributed by atoms with E-state index in [1.165, 1.54) is 34.6 Å². The Labute approximate surface area is 184 Å². The summed E-state index contributed by atoms with van der Waals surface area (Å²) in [6.45, 7) is 3.17. The zero-order chi connectivity index (χ0) is 23.2. The van der Waals surface area contributed by atoms with Crippen molar-refractivity contribution in [3.63, 3.8) is 0 Å². The van der Waals surface area contributed by atoms with Crippen LogP contribution in [0, 0.1) is 10.1 Å². The van der Waals surface area contributed by atoms with Gasteiger partial charge < -0.3 is 10.1 Å². The van der Waals surface area contributed by atoms with Crippen LogP contribution in [0.2, 0.25) is 5.02 Å². The SMILES string of the molecule is CCN(CC)S(=O)(=O)c1ccc(Cl)c(C(=O)OCC(=O)Nc2cccc([N+](=O)[O-])c2)c1. The van der Waals surface area contributed by atoms with Gasteiger partial charge >= 0.3 is 5.97 Å². The van der Waals surface area contributed by atoms with Crippen LogP contribution in [-0.4, -0.2) is 49.2 Å². The van der Waals surface area contributed by atoms with Gasteiger partial charge in [-0.2, -0.15) is 4.31 Å². The second-order valence-electron chi connectivity index (χ2n) is 6.16. The Kier molecular flexibility index (Phi) is 8.08. The molecule has 0 unspecified atom stereocenters. The number of carbonyl (C=O) groups is 2. The average Bonchev–Trinajstić information content (AvgIpc) is 2.73. The molecule has 2 rings (SSSR count). The van der Waals surface area contributed by atoms with E-state index in [-0.39, 0.29) is 39.9 Å². The molecule has 0 spiro atoms. The Morgan fingerprint density at radius 2 is 1.84 bits per heavy atom. The number of hydrogen-bond donors (Lipinski definition) is 1. The maximum atomic E-state index is 12.6. The van der Waals surface area contributed by atoms with E-state index in [0.717, 1.165) is 12.1 Å². The van der Waals surface area contributed by atoms with Crippen LogP contribution < -0.4 is 5.32 Å². The van der Waals surface area contributed by atoms with Crippen molar-refractivity contribution in [2.75, 3.05) is 25.0 Å². The number of benzene rings is 2. The third-order valence-electron chi connectivity index (χ3n) is 4.18. The molecule has 0 saturated carbocycles. The van der Waals surface area contributed by atoms with Gasteiger partial charge in [-0.05, 0) is 24.3 Å². The van der Waals surface area contributed by atoms with Gasteiger partial charge in [0.1, 0.15) is 0 Å². The van der Waals surface area contributed by atoms with Gasteiger partial charge in [-0.25, -0.2) is 13.2 Å². The first-order chi connectivity index (χ1) is 14.6. The third kappa shape index (κ3) is 6.00. The normalized spacial score (nSPS) is 11.2. The molecule has 0 aliphatic rings. The highest BCUT2D eigenvalue weighted by Crippen LogP contribution is 2.24. The second-order valence-corrected chi connectivity index (χ2v) is 8.51. The Hall–Kier alpha value is -3.02. The van der Waals surface area contributed by atoms with Crippen molar-refractivity contribution in [2.24, 2.45) is 0 Å². The van der Waals surface area contributed by atoms with Crippen LogP contribution in [0.15, 0.2) is 47.4 Å². The minimum Gasteiger partial charge on any atom is -0.452 e. The lowest BCUT2D eigenvalue weighted by Gasteiger charge is -2.19. The number of non-ortho nitro benzene ring substituents is 1. The van der Waals surface area contributed by atoms with Crippen molar-refractivity contribution in [1.29, 1.82) is 0 Å². The minimum atomic E-state index is -3.82. The Balaban J connectivity index is 2.11. The molecule has 166 valence electrons. The highest BCUT2D eigenvalue weighted by Gasteiger charge is 2.24. The Morgan fingerprint density at radius 1 is 1.16 bits per heavy atom. The maximum Gasteiger partial charge on any atom is 0.340 e. The fourth-order valence-electron chi connectivity index (χ4n) is 2.64. The number of sulfonamides is 1. The van der Waals surface area contributed by atoms with Gasteiger partial charge in [0.25, 0.3) is 11.6 Å². The van der Waals surface area contributed by atoms with Crippen LogP contribution >= 0.6 is 11.6 Å². The van der Waals surface area contributed by atoms with E-state index in [1.54, 1.807) is 13.8 Å². The zero-order valence-corrected chi connectivity index (χ0v) is 18.3. The molecule has 0 heterocycles. The second kappa shape index (κ2) is 10.3. The van der Waals surface area contributed by atoms with Gasteiger partial charge in [0, 0.05) is 30.9 Å². The molecule has 1 amide bonds. The van der Waals surface area contributed by atoms with E-state index >= 15 is 0 Å². The van der Waals surface area contributed by atoms with E-state index in [9.17, 15) is 28.1 Å². The van der Waals surface area contributed by atoms with E-state index in [1.807, 2.05) is 0 Å². The fourth-order valence-corrected chi connectivity index (χ4v) is 4.32. The van der Waals surface area contributed by atoms with Crippen molar-refractivity contribution in [3.05, 3.63) is 63.2 Å². The van der Waals surface area contributed by atoms with Crippen molar-refractivity contribution in [2.45, 2.75) is 18.7 Å². The van der Waals surface area contributed by atoms with Crippen LogP contribution in [-0.2, 0) is 19.6 Å². The minimum absolute atomic E-state index is 0.0393. The summed E-state index contributed by atoms with van der Waals surface area (Å²) in [5, 5.41) is 13.1. The number of nitro benzene ring substituents is 1. The number of halogens is 1. The lowest BCUT2D eigenvalue weighted by molar-refractivity contribution is -0.384. The van der Waals surface area contributed by atoms with Crippen molar-refractivity contribution < 1.29 is 27.7 Å². The topological polar surface area (TPSA) is 136 Å². The van der Waals surface area contributed by atoms with Gasteiger partial charge in [-0.3, -0.25) is 14.9 Å². The molecule has 2 aromatic rings. The quantitative estimate of drug-likeness (QED) is 0.338. The number of ether oxygens (including phenoxy) is 1. The zero-order valence-electron chi connectivity index (χ0n) is 16.7. The molecule has 0 fully saturated rings. The number of amides is 1. The molecular formula is C19H20ClN3O7S. The summed E-state index contributed by atoms with van der Waals surface area (Å²) >= 11 is 6.01. The largest absolute Gasteiger partial charge is 0.452 e. The number of anilines is 1. The monoisotopic (exact) mass is 469 g/mol. The van der Waals surface area contributed by atoms with Crippen LogP contribution in [0.1, 0.15) is 24.2 Å². The summed E-state index contributed by atoms with van der Waals surface area (Å²) < 4.78 is 31.4. The highest BCUT2D eigenvalue weighted by molar-refractivity contribution is 7.89. The molecule has 0 aliphatic carbocycles. The summed E-state index contributed by atoms with van der Waals surface area (Å²) in [6, 6.07) is 8.87. The van der Waals surface area contributed by atoms with Gasteiger partial charge in [-0.15, -0.1) is 0 Å². The van der Waals surface area contributed by atoms with Crippen LogP contribution in [0.3, 0.4) is 0 Å². The molecule has 31 heavy (non-hydrogen) atoms. The standard InChI is InChI=1S/C19H20ClN3O7S/c1-3-22(4-2)31(28,29)15-8-9-17(20)16(11-15)19(25)30-12-18(24)21-13-6-5-7-14(10-13)23(26)27/h5-11H,3-4,12H2,1-2H3,(H,21,24). The molecule has 0 bridgehead atoms. The summed E-state index contributed by atoms with van der Waals surface area (Å²) in [5.74, 6) is -1.73. The smallest absolute Gasteiger partial charge is 0.340 e. The number of rotatable bonds is 9. The number of esters is 1. The van der Waals surface area contributed by atoms with Crippen LogP contribution in [0.4, 0.5) is 11.4 Å². The Bertz CT molecular complexity index is 1100. The summed E-state index contributed by atoms with van der Waals surface area (Å²) in [6.07, 6.45) is 0. The van der Waals surface area contributed by atoms with Gasteiger partial charge in [0.05, 0.1) is 20.4 Å². The van der Waals surface area contributed by atoms with Crippen molar-refractivity contribution >= 4 is 44.9 Å². The number of carbonyl (C=O) groups excluding carboxylic acids is 2.